The van der Waals surface area contributed by atoms with Gasteiger partial charge in [0.2, 0.25) is 0 Å². The maximum atomic E-state index is 11.5. The van der Waals surface area contributed by atoms with Crippen molar-refractivity contribution in [3.05, 3.63) is 63.6 Å². The molecule has 1 N–H and O–H groups in total. The summed E-state index contributed by atoms with van der Waals surface area (Å²) in [7, 11) is 1.50. The Kier molecular flexibility index (Phi) is 4.89. The standard InChI is InChI=1S/C16H12Cl2O3/c1-21-15-6-5-11(9-14(15)18)13(16(19)20)8-10-3-2-4-12(17)7-10/h2-9H,1H3,(H,19,20)/b13-8-. The molecule has 0 saturated carbocycles. The van der Waals surface area contributed by atoms with E-state index in [-0.39, 0.29) is 5.57 Å². The van der Waals surface area contributed by atoms with Crippen LogP contribution in [-0.4, -0.2) is 18.2 Å². The Labute approximate surface area is 132 Å². The first-order valence-corrected chi connectivity index (χ1v) is 6.81. The van der Waals surface area contributed by atoms with Crippen molar-refractivity contribution < 1.29 is 14.6 Å². The highest BCUT2D eigenvalue weighted by Gasteiger charge is 2.13. The Bertz CT molecular complexity index is 708. The summed E-state index contributed by atoms with van der Waals surface area (Å²) in [6.45, 7) is 0. The molecule has 21 heavy (non-hydrogen) atoms. The molecule has 0 atom stereocenters. The van der Waals surface area contributed by atoms with Crippen LogP contribution in [0.4, 0.5) is 0 Å². The number of halogens is 2. The largest absolute Gasteiger partial charge is 0.495 e. The monoisotopic (exact) mass is 322 g/mol. The molecule has 0 fully saturated rings. The minimum atomic E-state index is -1.05. The van der Waals surface area contributed by atoms with Crippen LogP contribution in [0.1, 0.15) is 11.1 Å². The lowest BCUT2D eigenvalue weighted by molar-refractivity contribution is -0.130. The second-order valence-electron chi connectivity index (χ2n) is 4.27. The molecule has 0 bridgehead atoms. The Balaban J connectivity index is 2.49. The molecule has 2 aromatic rings. The number of carboxylic acids is 1. The molecule has 108 valence electrons. The molecular formula is C16H12Cl2O3. The molecule has 3 nitrogen and oxygen atoms in total. The van der Waals surface area contributed by atoms with Gasteiger partial charge in [-0.3, -0.25) is 0 Å². The molecule has 0 aromatic heterocycles. The molecule has 0 unspecified atom stereocenters. The highest BCUT2D eigenvalue weighted by Crippen LogP contribution is 2.29. The number of aliphatic carboxylic acids is 1. The van der Waals surface area contributed by atoms with Crippen molar-refractivity contribution in [1.82, 2.24) is 0 Å². The van der Waals surface area contributed by atoms with Crippen molar-refractivity contribution >= 4 is 40.8 Å². The van der Waals surface area contributed by atoms with Crippen molar-refractivity contribution in [2.24, 2.45) is 0 Å². The third kappa shape index (κ3) is 3.78. The summed E-state index contributed by atoms with van der Waals surface area (Å²) < 4.78 is 5.06. The zero-order valence-corrected chi connectivity index (χ0v) is 12.7. The van der Waals surface area contributed by atoms with Crippen LogP contribution >= 0.6 is 23.2 Å². The second kappa shape index (κ2) is 6.66. The first-order valence-electron chi connectivity index (χ1n) is 6.05. The molecule has 0 aliphatic rings. The highest BCUT2D eigenvalue weighted by atomic mass is 35.5. The van der Waals surface area contributed by atoms with Crippen LogP contribution in [0.5, 0.6) is 5.75 Å². The summed E-state index contributed by atoms with van der Waals surface area (Å²) in [6, 6.07) is 11.8. The smallest absolute Gasteiger partial charge is 0.336 e. The number of hydrogen-bond donors (Lipinski definition) is 1. The average Bonchev–Trinajstić information content (AvgIpc) is 2.44. The zero-order valence-electron chi connectivity index (χ0n) is 11.1. The van der Waals surface area contributed by atoms with Crippen molar-refractivity contribution in [2.45, 2.75) is 0 Å². The number of carboxylic acid groups (broad SMARTS) is 1. The van der Waals surface area contributed by atoms with E-state index >= 15 is 0 Å². The Morgan fingerprint density at radius 2 is 1.95 bits per heavy atom. The van der Waals surface area contributed by atoms with Crippen molar-refractivity contribution in [2.75, 3.05) is 7.11 Å². The van der Waals surface area contributed by atoms with Gasteiger partial charge in [-0.05, 0) is 41.5 Å². The molecule has 0 radical (unpaired) electrons. The molecule has 0 aliphatic heterocycles. The van der Waals surface area contributed by atoms with Crippen LogP contribution < -0.4 is 4.74 Å². The highest BCUT2D eigenvalue weighted by molar-refractivity contribution is 6.33. The Hall–Kier alpha value is -1.97. The topological polar surface area (TPSA) is 46.5 Å². The second-order valence-corrected chi connectivity index (χ2v) is 5.11. The molecule has 0 aliphatic carbocycles. The first kappa shape index (κ1) is 15.4. The van der Waals surface area contributed by atoms with Crippen LogP contribution in [0.25, 0.3) is 11.6 Å². The van der Waals surface area contributed by atoms with Gasteiger partial charge in [0, 0.05) is 5.02 Å². The fourth-order valence-corrected chi connectivity index (χ4v) is 2.32. The van der Waals surface area contributed by atoms with Crippen molar-refractivity contribution in [3.8, 4) is 5.75 Å². The van der Waals surface area contributed by atoms with E-state index in [1.165, 1.54) is 7.11 Å². The Morgan fingerprint density at radius 3 is 2.52 bits per heavy atom. The Morgan fingerprint density at radius 1 is 1.19 bits per heavy atom. The lowest BCUT2D eigenvalue weighted by Gasteiger charge is -2.07. The number of ether oxygens (including phenoxy) is 1. The van der Waals surface area contributed by atoms with Crippen molar-refractivity contribution in [3.63, 3.8) is 0 Å². The SMILES string of the molecule is COc1ccc(/C(=C/c2cccc(Cl)c2)C(=O)O)cc1Cl. The predicted octanol–water partition coefficient (Wildman–Crippen LogP) is 4.63. The minimum Gasteiger partial charge on any atom is -0.495 e. The molecular weight excluding hydrogens is 311 g/mol. The van der Waals surface area contributed by atoms with E-state index in [0.717, 1.165) is 0 Å². The summed E-state index contributed by atoms with van der Waals surface area (Å²) in [5, 5.41) is 10.3. The van der Waals surface area contributed by atoms with E-state index in [2.05, 4.69) is 0 Å². The van der Waals surface area contributed by atoms with Gasteiger partial charge in [0.05, 0.1) is 17.7 Å². The van der Waals surface area contributed by atoms with Crippen LogP contribution in [0.3, 0.4) is 0 Å². The van der Waals surface area contributed by atoms with E-state index in [1.807, 2.05) is 0 Å². The maximum absolute atomic E-state index is 11.5. The average molecular weight is 323 g/mol. The fraction of sp³-hybridized carbons (Fsp3) is 0.0625. The van der Waals surface area contributed by atoms with Gasteiger partial charge < -0.3 is 9.84 Å². The summed E-state index contributed by atoms with van der Waals surface area (Å²) in [5.41, 5.74) is 1.32. The molecule has 2 aromatic carbocycles. The van der Waals surface area contributed by atoms with Gasteiger partial charge >= 0.3 is 5.97 Å². The van der Waals surface area contributed by atoms with E-state index in [4.69, 9.17) is 27.9 Å². The molecule has 2 rings (SSSR count). The quantitative estimate of drug-likeness (QED) is 0.659. The van der Waals surface area contributed by atoms with E-state index in [0.29, 0.717) is 26.9 Å². The molecule has 0 saturated heterocycles. The number of benzene rings is 2. The third-order valence-electron chi connectivity index (χ3n) is 2.85. The number of methoxy groups -OCH3 is 1. The van der Waals surface area contributed by atoms with E-state index in [1.54, 1.807) is 48.5 Å². The molecule has 0 amide bonds. The van der Waals surface area contributed by atoms with Crippen LogP contribution in [-0.2, 0) is 4.79 Å². The summed E-state index contributed by atoms with van der Waals surface area (Å²) in [4.78, 5) is 11.5. The summed E-state index contributed by atoms with van der Waals surface area (Å²) in [6.07, 6.45) is 1.55. The van der Waals surface area contributed by atoms with Gasteiger partial charge in [0.15, 0.2) is 0 Å². The lowest BCUT2D eigenvalue weighted by Crippen LogP contribution is -2.00. The van der Waals surface area contributed by atoms with E-state index < -0.39 is 5.97 Å². The molecule has 0 spiro atoms. The normalized spacial score (nSPS) is 11.3. The van der Waals surface area contributed by atoms with Crippen LogP contribution in [0, 0.1) is 0 Å². The lowest BCUT2D eigenvalue weighted by atomic mass is 10.0. The number of rotatable bonds is 4. The molecule has 5 heteroatoms. The van der Waals surface area contributed by atoms with Crippen molar-refractivity contribution in [1.29, 1.82) is 0 Å². The molecule has 0 heterocycles. The number of hydrogen-bond acceptors (Lipinski definition) is 2. The third-order valence-corrected chi connectivity index (χ3v) is 3.38. The minimum absolute atomic E-state index is 0.127. The van der Waals surface area contributed by atoms with Crippen LogP contribution in [0.2, 0.25) is 10.0 Å². The maximum Gasteiger partial charge on any atom is 0.336 e. The van der Waals surface area contributed by atoms with Gasteiger partial charge in [-0.1, -0.05) is 41.4 Å². The van der Waals surface area contributed by atoms with Gasteiger partial charge in [-0.15, -0.1) is 0 Å². The summed E-state index contributed by atoms with van der Waals surface area (Å²) in [5.74, 6) is -0.552. The van der Waals surface area contributed by atoms with Gasteiger partial charge in [0.25, 0.3) is 0 Å². The van der Waals surface area contributed by atoms with Crippen LogP contribution in [0.15, 0.2) is 42.5 Å². The number of carbonyl (C=O) groups is 1. The predicted molar refractivity (Wildman–Crippen MR) is 85.0 cm³/mol. The van der Waals surface area contributed by atoms with Gasteiger partial charge in [0.1, 0.15) is 5.75 Å². The summed E-state index contributed by atoms with van der Waals surface area (Å²) >= 11 is 11.9. The van der Waals surface area contributed by atoms with Gasteiger partial charge in [-0.25, -0.2) is 4.79 Å². The van der Waals surface area contributed by atoms with E-state index in [9.17, 15) is 9.90 Å². The van der Waals surface area contributed by atoms with Gasteiger partial charge in [-0.2, -0.15) is 0 Å². The fourth-order valence-electron chi connectivity index (χ4n) is 1.87. The first-order chi connectivity index (χ1) is 10.0. The zero-order chi connectivity index (χ0) is 15.4.